The number of nitrogens with zero attached hydrogens (tertiary/aromatic N) is 3. The van der Waals surface area contributed by atoms with Crippen molar-refractivity contribution in [2.75, 3.05) is 12.0 Å². The Kier molecular flexibility index (Phi) is 5.47. The van der Waals surface area contributed by atoms with Gasteiger partial charge in [0.25, 0.3) is 0 Å². The van der Waals surface area contributed by atoms with Crippen LogP contribution in [0, 0.1) is 0 Å². The van der Waals surface area contributed by atoms with Crippen molar-refractivity contribution in [3.63, 3.8) is 0 Å². The van der Waals surface area contributed by atoms with Crippen LogP contribution in [0.1, 0.15) is 39.8 Å². The zero-order valence-corrected chi connectivity index (χ0v) is 12.8. The number of hydrogen-bond donors (Lipinski definition) is 1. The van der Waals surface area contributed by atoms with Crippen molar-refractivity contribution in [2.45, 2.75) is 52.2 Å². The van der Waals surface area contributed by atoms with Gasteiger partial charge >= 0.3 is 0 Å². The highest BCUT2D eigenvalue weighted by atomic mass is 32.2. The summed E-state index contributed by atoms with van der Waals surface area (Å²) in [5.74, 6) is 0.739. The largest absolute Gasteiger partial charge is 0.309 e. The number of hydrogen-bond acceptors (Lipinski definition) is 4. The van der Waals surface area contributed by atoms with E-state index in [-0.39, 0.29) is 5.54 Å². The summed E-state index contributed by atoms with van der Waals surface area (Å²) in [5.41, 5.74) is 0.907. The Hall–Kier alpha value is -0.750. The summed E-state index contributed by atoms with van der Waals surface area (Å²) >= 11 is 0. The first-order valence-electron chi connectivity index (χ1n) is 6.24. The minimum absolute atomic E-state index is 0.0318. The first kappa shape index (κ1) is 15.3. The average molecular weight is 272 g/mol. The van der Waals surface area contributed by atoms with E-state index in [2.05, 4.69) is 43.3 Å². The van der Waals surface area contributed by atoms with Crippen molar-refractivity contribution in [1.29, 1.82) is 0 Å². The molecule has 0 amide bonds. The second kappa shape index (κ2) is 6.43. The van der Waals surface area contributed by atoms with Gasteiger partial charge in [0.2, 0.25) is 0 Å². The molecule has 5 nitrogen and oxygen atoms in total. The van der Waals surface area contributed by atoms with Crippen LogP contribution in [0.2, 0.25) is 0 Å². The first-order chi connectivity index (χ1) is 8.29. The smallest absolute Gasteiger partial charge is 0.0965 e. The summed E-state index contributed by atoms with van der Waals surface area (Å²) in [6.07, 6.45) is 4.62. The van der Waals surface area contributed by atoms with Crippen LogP contribution < -0.4 is 5.32 Å². The van der Waals surface area contributed by atoms with E-state index >= 15 is 0 Å². The molecule has 0 spiro atoms. The van der Waals surface area contributed by atoms with Crippen molar-refractivity contribution >= 4 is 10.8 Å². The van der Waals surface area contributed by atoms with Gasteiger partial charge in [-0.05, 0) is 34.1 Å². The molecule has 0 fully saturated rings. The second-order valence-corrected chi connectivity index (χ2v) is 7.23. The Morgan fingerprint density at radius 2 is 2.17 bits per heavy atom. The van der Waals surface area contributed by atoms with Crippen LogP contribution >= 0.6 is 0 Å². The molecule has 0 aromatic carbocycles. The van der Waals surface area contributed by atoms with Crippen molar-refractivity contribution in [2.24, 2.45) is 0 Å². The molecule has 0 bridgehead atoms. The predicted molar refractivity (Wildman–Crippen MR) is 74.9 cm³/mol. The first-order valence-corrected chi connectivity index (χ1v) is 7.97. The lowest BCUT2D eigenvalue weighted by Gasteiger charge is -2.17. The van der Waals surface area contributed by atoms with E-state index in [0.29, 0.717) is 12.6 Å². The van der Waals surface area contributed by atoms with Crippen molar-refractivity contribution in [1.82, 2.24) is 20.3 Å². The van der Waals surface area contributed by atoms with E-state index in [0.717, 1.165) is 17.9 Å². The summed E-state index contributed by atoms with van der Waals surface area (Å²) in [6, 6.07) is 0.341. The molecule has 0 aliphatic carbocycles. The molecule has 2 unspecified atom stereocenters. The van der Waals surface area contributed by atoms with Gasteiger partial charge in [-0.1, -0.05) is 5.21 Å². The molecule has 1 aromatic rings. The topological polar surface area (TPSA) is 59.8 Å². The summed E-state index contributed by atoms with van der Waals surface area (Å²) in [7, 11) is -0.714. The third kappa shape index (κ3) is 5.27. The molecule has 0 aliphatic heterocycles. The van der Waals surface area contributed by atoms with E-state index in [1.807, 2.05) is 10.9 Å². The van der Waals surface area contributed by atoms with Gasteiger partial charge in [0.15, 0.2) is 0 Å². The fraction of sp³-hybridized carbons (Fsp3) is 0.833. The maximum atomic E-state index is 11.0. The SMILES string of the molecule is CC(CCS(C)=O)NCc1cn(C(C)(C)C)nn1. The van der Waals surface area contributed by atoms with E-state index in [4.69, 9.17) is 0 Å². The molecule has 2 atom stereocenters. The molecule has 6 heteroatoms. The maximum absolute atomic E-state index is 11.0. The van der Waals surface area contributed by atoms with Crippen LogP contribution in [0.5, 0.6) is 0 Å². The van der Waals surface area contributed by atoms with E-state index in [1.54, 1.807) is 6.26 Å². The van der Waals surface area contributed by atoms with Crippen LogP contribution in [0.3, 0.4) is 0 Å². The van der Waals surface area contributed by atoms with Crippen LogP contribution in [0.15, 0.2) is 6.20 Å². The lowest BCUT2D eigenvalue weighted by atomic mass is 10.1. The zero-order valence-electron chi connectivity index (χ0n) is 11.9. The molecule has 1 rings (SSSR count). The fourth-order valence-electron chi connectivity index (χ4n) is 1.43. The Balaban J connectivity index is 2.39. The van der Waals surface area contributed by atoms with Gasteiger partial charge in [0.05, 0.1) is 17.4 Å². The molecular weight excluding hydrogens is 248 g/mol. The van der Waals surface area contributed by atoms with Gasteiger partial charge in [-0.25, -0.2) is 4.68 Å². The highest BCUT2D eigenvalue weighted by Gasteiger charge is 2.15. The van der Waals surface area contributed by atoms with E-state index < -0.39 is 10.8 Å². The van der Waals surface area contributed by atoms with Gasteiger partial charge in [-0.3, -0.25) is 4.21 Å². The Morgan fingerprint density at radius 3 is 2.67 bits per heavy atom. The van der Waals surface area contributed by atoms with Gasteiger partial charge in [-0.15, -0.1) is 5.10 Å². The number of aromatic nitrogens is 3. The lowest BCUT2D eigenvalue weighted by Crippen LogP contribution is -2.27. The summed E-state index contributed by atoms with van der Waals surface area (Å²) in [4.78, 5) is 0. The monoisotopic (exact) mass is 272 g/mol. The minimum atomic E-state index is -0.714. The molecule has 104 valence electrons. The maximum Gasteiger partial charge on any atom is 0.0965 e. The highest BCUT2D eigenvalue weighted by Crippen LogP contribution is 2.11. The number of nitrogens with one attached hydrogen (secondary N) is 1. The second-order valence-electron chi connectivity index (χ2n) is 5.67. The third-order valence-electron chi connectivity index (χ3n) is 2.70. The Morgan fingerprint density at radius 1 is 1.50 bits per heavy atom. The molecule has 1 N–H and O–H groups in total. The summed E-state index contributed by atoms with van der Waals surface area (Å²) < 4.78 is 12.9. The van der Waals surface area contributed by atoms with Gasteiger partial charge in [-0.2, -0.15) is 0 Å². The van der Waals surface area contributed by atoms with Crippen LogP contribution in [0.4, 0.5) is 0 Å². The molecule has 18 heavy (non-hydrogen) atoms. The highest BCUT2D eigenvalue weighted by molar-refractivity contribution is 7.84. The predicted octanol–water partition coefficient (Wildman–Crippen LogP) is 1.28. The van der Waals surface area contributed by atoms with Gasteiger partial charge in [0, 0.05) is 35.4 Å². The lowest BCUT2D eigenvalue weighted by molar-refractivity contribution is 0.347. The average Bonchev–Trinajstić information content (AvgIpc) is 2.71. The van der Waals surface area contributed by atoms with Crippen LogP contribution in [-0.4, -0.2) is 37.3 Å². The normalized spacial score (nSPS) is 15.6. The minimum Gasteiger partial charge on any atom is -0.309 e. The molecular formula is C12H24N4OS. The molecule has 0 saturated heterocycles. The fourth-order valence-corrected chi connectivity index (χ4v) is 2.12. The van der Waals surface area contributed by atoms with Crippen molar-refractivity contribution < 1.29 is 4.21 Å². The quantitative estimate of drug-likeness (QED) is 0.847. The Labute approximate surface area is 112 Å². The van der Waals surface area contributed by atoms with Gasteiger partial charge in [0.1, 0.15) is 0 Å². The van der Waals surface area contributed by atoms with Crippen LogP contribution in [0.25, 0.3) is 0 Å². The van der Waals surface area contributed by atoms with E-state index in [1.165, 1.54) is 0 Å². The molecule has 0 aliphatic rings. The molecule has 1 heterocycles. The molecule has 1 aromatic heterocycles. The standard InChI is InChI=1S/C12H24N4OS/c1-10(6-7-18(5)17)13-8-11-9-16(15-14-11)12(2,3)4/h9-10,13H,6-8H2,1-5H3. The summed E-state index contributed by atoms with van der Waals surface area (Å²) in [6.45, 7) is 9.09. The molecule has 0 radical (unpaired) electrons. The van der Waals surface area contributed by atoms with Crippen molar-refractivity contribution in [3.05, 3.63) is 11.9 Å². The van der Waals surface area contributed by atoms with Gasteiger partial charge < -0.3 is 5.32 Å². The van der Waals surface area contributed by atoms with Crippen LogP contribution in [-0.2, 0) is 22.9 Å². The molecule has 0 saturated carbocycles. The van der Waals surface area contributed by atoms with Crippen molar-refractivity contribution in [3.8, 4) is 0 Å². The Bertz CT molecular complexity index is 397. The number of rotatable bonds is 6. The third-order valence-corrected chi connectivity index (χ3v) is 3.51. The summed E-state index contributed by atoms with van der Waals surface area (Å²) in [5, 5.41) is 11.6. The van der Waals surface area contributed by atoms with E-state index in [9.17, 15) is 4.21 Å². The zero-order chi connectivity index (χ0) is 13.8.